The number of hydrogen-bond donors (Lipinski definition) is 2. The third-order valence-electron chi connectivity index (χ3n) is 7.18. The minimum Gasteiger partial charge on any atom is -0.381 e. The van der Waals surface area contributed by atoms with Crippen molar-refractivity contribution < 1.29 is 4.74 Å². The zero-order chi connectivity index (χ0) is 23.2. The van der Waals surface area contributed by atoms with Crippen LogP contribution in [0.2, 0.25) is 0 Å². The average Bonchev–Trinajstić information content (AvgIpc) is 2.78. The lowest BCUT2D eigenvalue weighted by Crippen LogP contribution is -2.53. The number of likely N-dealkylation sites (N-methyl/N-ethyl adjacent to an activating group) is 1. The van der Waals surface area contributed by atoms with Gasteiger partial charge in [0.2, 0.25) is 0 Å². The maximum atomic E-state index is 5.61. The molecule has 0 unspecified atom stereocenters. The van der Waals surface area contributed by atoms with Gasteiger partial charge in [-0.25, -0.2) is 0 Å². The molecule has 3 rings (SSSR count). The van der Waals surface area contributed by atoms with Crippen LogP contribution < -0.4 is 15.5 Å². The summed E-state index contributed by atoms with van der Waals surface area (Å²) in [6, 6.07) is 9.60. The lowest BCUT2D eigenvalue weighted by Gasteiger charge is -2.42. The maximum Gasteiger partial charge on any atom is 0.191 e. The number of halogens is 1. The number of benzene rings is 1. The summed E-state index contributed by atoms with van der Waals surface area (Å²) in [6.45, 7) is 14.4. The van der Waals surface area contributed by atoms with Crippen LogP contribution in [0, 0.1) is 0 Å². The first-order chi connectivity index (χ1) is 15.2. The second-order valence-electron chi connectivity index (χ2n) is 10.6. The normalized spacial score (nSPS) is 19.8. The fourth-order valence-corrected chi connectivity index (χ4v) is 4.69. The Labute approximate surface area is 218 Å². The molecule has 0 spiro atoms. The van der Waals surface area contributed by atoms with Gasteiger partial charge in [-0.05, 0) is 69.8 Å². The Kier molecular flexibility index (Phi) is 10.7. The van der Waals surface area contributed by atoms with Crippen LogP contribution in [0.4, 0.5) is 5.69 Å². The third-order valence-corrected chi connectivity index (χ3v) is 7.18. The van der Waals surface area contributed by atoms with Crippen molar-refractivity contribution >= 4 is 35.6 Å². The lowest BCUT2D eigenvalue weighted by atomic mass is 9.87. The van der Waals surface area contributed by atoms with Crippen molar-refractivity contribution in [2.45, 2.75) is 70.4 Å². The SMILES string of the molecule is CCNC(=NCC1(N(C)C)CCOCC1)NC1CCN(c2ccc(C(C)(C)C)cc2)CC1.I. The van der Waals surface area contributed by atoms with Crippen LogP contribution in [-0.4, -0.2) is 75.9 Å². The van der Waals surface area contributed by atoms with E-state index in [2.05, 4.69) is 86.5 Å². The molecule has 6 nitrogen and oxygen atoms in total. The Morgan fingerprint density at radius 2 is 1.73 bits per heavy atom. The second kappa shape index (κ2) is 12.6. The van der Waals surface area contributed by atoms with E-state index in [1.165, 1.54) is 11.3 Å². The van der Waals surface area contributed by atoms with Crippen LogP contribution >= 0.6 is 24.0 Å². The number of piperidine rings is 1. The molecule has 2 saturated heterocycles. The van der Waals surface area contributed by atoms with E-state index in [1.807, 2.05) is 0 Å². The molecule has 0 aromatic heterocycles. The van der Waals surface area contributed by atoms with E-state index in [9.17, 15) is 0 Å². The summed E-state index contributed by atoms with van der Waals surface area (Å²) in [5.74, 6) is 0.952. The maximum absolute atomic E-state index is 5.61. The molecule has 188 valence electrons. The van der Waals surface area contributed by atoms with Gasteiger partial charge in [0.1, 0.15) is 0 Å². The van der Waals surface area contributed by atoms with Crippen LogP contribution in [0.15, 0.2) is 29.3 Å². The number of guanidine groups is 1. The van der Waals surface area contributed by atoms with E-state index in [0.29, 0.717) is 6.04 Å². The number of ether oxygens (including phenoxy) is 1. The summed E-state index contributed by atoms with van der Waals surface area (Å²) in [4.78, 5) is 9.87. The van der Waals surface area contributed by atoms with Crippen molar-refractivity contribution in [2.75, 3.05) is 58.4 Å². The first-order valence-corrected chi connectivity index (χ1v) is 12.4. The van der Waals surface area contributed by atoms with E-state index in [-0.39, 0.29) is 34.9 Å². The molecule has 2 N–H and O–H groups in total. The highest BCUT2D eigenvalue weighted by Gasteiger charge is 2.34. The monoisotopic (exact) mass is 571 g/mol. The highest BCUT2D eigenvalue weighted by molar-refractivity contribution is 14.0. The van der Waals surface area contributed by atoms with Crippen molar-refractivity contribution in [1.29, 1.82) is 0 Å². The number of nitrogens with zero attached hydrogens (tertiary/aromatic N) is 3. The molecule has 0 aliphatic carbocycles. The highest BCUT2D eigenvalue weighted by atomic mass is 127. The van der Waals surface area contributed by atoms with Crippen LogP contribution in [0.25, 0.3) is 0 Å². The van der Waals surface area contributed by atoms with Crippen molar-refractivity contribution in [2.24, 2.45) is 4.99 Å². The molecule has 2 fully saturated rings. The zero-order valence-electron chi connectivity index (χ0n) is 21.6. The van der Waals surface area contributed by atoms with Gasteiger partial charge in [0.15, 0.2) is 5.96 Å². The zero-order valence-corrected chi connectivity index (χ0v) is 23.9. The molecule has 1 aromatic rings. The molecule has 1 aromatic carbocycles. The Morgan fingerprint density at radius 3 is 2.24 bits per heavy atom. The summed E-state index contributed by atoms with van der Waals surface area (Å²) in [5, 5.41) is 7.18. The fourth-order valence-electron chi connectivity index (χ4n) is 4.69. The van der Waals surface area contributed by atoms with Gasteiger partial charge in [0.05, 0.1) is 6.54 Å². The van der Waals surface area contributed by atoms with Gasteiger partial charge in [-0.1, -0.05) is 32.9 Å². The molecular formula is C26H46IN5O. The van der Waals surface area contributed by atoms with E-state index in [0.717, 1.165) is 71.0 Å². The van der Waals surface area contributed by atoms with Gasteiger partial charge in [0.25, 0.3) is 0 Å². The summed E-state index contributed by atoms with van der Waals surface area (Å²) in [6.07, 6.45) is 4.32. The van der Waals surface area contributed by atoms with Crippen molar-refractivity contribution in [1.82, 2.24) is 15.5 Å². The molecule has 0 atom stereocenters. The summed E-state index contributed by atoms with van der Waals surface area (Å²) >= 11 is 0. The van der Waals surface area contributed by atoms with E-state index >= 15 is 0 Å². The van der Waals surface area contributed by atoms with E-state index < -0.39 is 0 Å². The minimum absolute atomic E-state index is 0. The quantitative estimate of drug-likeness (QED) is 0.304. The van der Waals surface area contributed by atoms with Crippen LogP contribution in [0.1, 0.15) is 58.9 Å². The van der Waals surface area contributed by atoms with Gasteiger partial charge in [0, 0.05) is 50.1 Å². The first-order valence-electron chi connectivity index (χ1n) is 12.4. The molecule has 33 heavy (non-hydrogen) atoms. The molecule has 0 bridgehead atoms. The van der Waals surface area contributed by atoms with Gasteiger partial charge < -0.3 is 25.2 Å². The Morgan fingerprint density at radius 1 is 1.12 bits per heavy atom. The molecule has 0 amide bonds. The molecule has 2 aliphatic rings. The van der Waals surface area contributed by atoms with Crippen molar-refractivity contribution in [3.63, 3.8) is 0 Å². The highest BCUT2D eigenvalue weighted by Crippen LogP contribution is 2.27. The largest absolute Gasteiger partial charge is 0.381 e. The Balaban J connectivity index is 0.00000385. The summed E-state index contributed by atoms with van der Waals surface area (Å²) < 4.78 is 5.61. The van der Waals surface area contributed by atoms with Gasteiger partial charge in [-0.3, -0.25) is 4.99 Å². The molecule has 2 aliphatic heterocycles. The number of nitrogens with one attached hydrogen (secondary N) is 2. The van der Waals surface area contributed by atoms with Gasteiger partial charge in [-0.15, -0.1) is 24.0 Å². The number of hydrogen-bond acceptors (Lipinski definition) is 4. The smallest absolute Gasteiger partial charge is 0.191 e. The average molecular weight is 572 g/mol. The Bertz CT molecular complexity index is 730. The lowest BCUT2D eigenvalue weighted by molar-refractivity contribution is -0.00255. The summed E-state index contributed by atoms with van der Waals surface area (Å²) in [5.41, 5.74) is 3.03. The topological polar surface area (TPSA) is 52.1 Å². The minimum atomic E-state index is 0. The molecule has 0 saturated carbocycles. The molecule has 7 heteroatoms. The second-order valence-corrected chi connectivity index (χ2v) is 10.6. The fraction of sp³-hybridized carbons (Fsp3) is 0.731. The number of anilines is 1. The van der Waals surface area contributed by atoms with Crippen LogP contribution in [0.3, 0.4) is 0 Å². The van der Waals surface area contributed by atoms with Crippen LogP contribution in [0.5, 0.6) is 0 Å². The molecular weight excluding hydrogens is 525 g/mol. The van der Waals surface area contributed by atoms with Crippen LogP contribution in [-0.2, 0) is 10.2 Å². The van der Waals surface area contributed by atoms with Crippen molar-refractivity contribution in [3.8, 4) is 0 Å². The number of aliphatic imine (C=N–C) groups is 1. The predicted octanol–water partition coefficient (Wildman–Crippen LogP) is 4.24. The van der Waals surface area contributed by atoms with Gasteiger partial charge in [-0.2, -0.15) is 0 Å². The van der Waals surface area contributed by atoms with E-state index in [4.69, 9.17) is 9.73 Å². The first kappa shape index (κ1) is 28.2. The molecule has 0 radical (unpaired) electrons. The summed E-state index contributed by atoms with van der Waals surface area (Å²) in [7, 11) is 4.34. The van der Waals surface area contributed by atoms with E-state index in [1.54, 1.807) is 0 Å². The predicted molar refractivity (Wildman–Crippen MR) is 151 cm³/mol. The Hall–Kier alpha value is -1.06. The third kappa shape index (κ3) is 7.72. The van der Waals surface area contributed by atoms with Gasteiger partial charge >= 0.3 is 0 Å². The van der Waals surface area contributed by atoms with Crippen molar-refractivity contribution in [3.05, 3.63) is 29.8 Å². The molecule has 2 heterocycles. The standard InChI is InChI=1S/C26H45N5O.HI/c1-7-27-24(28-20-26(30(5)6)14-18-32-19-15-26)29-22-12-16-31(17-13-22)23-10-8-21(9-11-23)25(2,3)4;/h8-11,22H,7,12-20H2,1-6H3,(H2,27,28,29);1H. The number of rotatable bonds is 6.